The Morgan fingerprint density at radius 2 is 2.13 bits per heavy atom. The summed E-state index contributed by atoms with van der Waals surface area (Å²) in [5.41, 5.74) is 2.74. The van der Waals surface area contributed by atoms with Gasteiger partial charge in [0, 0.05) is 30.7 Å². The van der Waals surface area contributed by atoms with Gasteiger partial charge in [0.2, 0.25) is 0 Å². The summed E-state index contributed by atoms with van der Waals surface area (Å²) in [4.78, 5) is 13.5. The minimum Gasteiger partial charge on any atom is -0.317 e. The summed E-state index contributed by atoms with van der Waals surface area (Å²) in [6, 6.07) is 5.85. The van der Waals surface area contributed by atoms with E-state index in [1.807, 2.05) is 24.4 Å². The Hall–Kier alpha value is -1.98. The van der Waals surface area contributed by atoms with Crippen molar-refractivity contribution in [2.24, 2.45) is 5.92 Å². The molecule has 1 saturated heterocycles. The number of nitrogens with zero attached hydrogens (tertiary/aromatic N) is 4. The molecule has 118 valence electrons. The molecule has 6 heteroatoms. The van der Waals surface area contributed by atoms with Crippen molar-refractivity contribution in [3.05, 3.63) is 41.8 Å². The number of piperidine rings is 1. The molecule has 0 bridgehead atoms. The normalized spacial score (nSPS) is 16.0. The summed E-state index contributed by atoms with van der Waals surface area (Å²) in [6.07, 6.45) is 7.68. The van der Waals surface area contributed by atoms with Crippen LogP contribution < -0.4 is 5.32 Å². The summed E-state index contributed by atoms with van der Waals surface area (Å²) >= 11 is 6.09. The monoisotopic (exact) mass is 327 g/mol. The number of nitrogens with one attached hydrogen (secondary N) is 1. The molecule has 5 nitrogen and oxygen atoms in total. The molecule has 0 aromatic carbocycles. The Kier molecular flexibility index (Phi) is 3.97. The molecule has 0 radical (unpaired) electrons. The van der Waals surface area contributed by atoms with Gasteiger partial charge in [-0.2, -0.15) is 0 Å². The quantitative estimate of drug-likeness (QED) is 0.803. The molecule has 23 heavy (non-hydrogen) atoms. The smallest absolute Gasteiger partial charge is 0.160 e. The van der Waals surface area contributed by atoms with Gasteiger partial charge >= 0.3 is 0 Å². The fourth-order valence-corrected chi connectivity index (χ4v) is 3.35. The molecular formula is C17H18ClN5. The van der Waals surface area contributed by atoms with Crippen LogP contribution in [0.15, 0.2) is 36.8 Å². The predicted octanol–water partition coefficient (Wildman–Crippen LogP) is 3.15. The predicted molar refractivity (Wildman–Crippen MR) is 91.4 cm³/mol. The van der Waals surface area contributed by atoms with Crippen molar-refractivity contribution in [2.75, 3.05) is 13.1 Å². The lowest BCUT2D eigenvalue weighted by atomic mass is 9.98. The molecule has 4 heterocycles. The SMILES string of the molecule is Clc1cnc2c(c1)nc(-c1cccnc1)n2CC1CCNCC1. The summed E-state index contributed by atoms with van der Waals surface area (Å²) in [5, 5.41) is 4.03. The number of rotatable bonds is 3. The lowest BCUT2D eigenvalue weighted by Gasteiger charge is -2.23. The lowest BCUT2D eigenvalue weighted by Crippen LogP contribution is -2.30. The maximum Gasteiger partial charge on any atom is 0.160 e. The maximum absolute atomic E-state index is 6.09. The fourth-order valence-electron chi connectivity index (χ4n) is 3.20. The van der Waals surface area contributed by atoms with Gasteiger partial charge in [0.25, 0.3) is 0 Å². The molecule has 0 unspecified atom stereocenters. The highest BCUT2D eigenvalue weighted by Crippen LogP contribution is 2.27. The largest absolute Gasteiger partial charge is 0.317 e. The van der Waals surface area contributed by atoms with E-state index in [4.69, 9.17) is 16.6 Å². The third kappa shape index (κ3) is 2.94. The van der Waals surface area contributed by atoms with Crippen LogP contribution in [0.5, 0.6) is 0 Å². The van der Waals surface area contributed by atoms with Gasteiger partial charge in [-0.15, -0.1) is 0 Å². The average Bonchev–Trinajstić information content (AvgIpc) is 2.94. The highest BCUT2D eigenvalue weighted by Gasteiger charge is 2.19. The standard InChI is InChI=1S/C17H18ClN5/c18-14-8-15-17(21-10-14)23(11-12-3-6-19-7-4-12)16(22-15)13-2-1-5-20-9-13/h1-2,5,8-10,12,19H,3-4,6-7,11H2. The fraction of sp³-hybridized carbons (Fsp3) is 0.353. The van der Waals surface area contributed by atoms with Crippen LogP contribution in [-0.4, -0.2) is 32.6 Å². The number of pyridine rings is 2. The first-order valence-electron chi connectivity index (χ1n) is 7.94. The maximum atomic E-state index is 6.09. The molecule has 4 rings (SSSR count). The van der Waals surface area contributed by atoms with E-state index in [-0.39, 0.29) is 0 Å². The third-order valence-corrected chi connectivity index (χ3v) is 4.58. The second kappa shape index (κ2) is 6.26. The van der Waals surface area contributed by atoms with Crippen LogP contribution in [0.4, 0.5) is 0 Å². The molecule has 1 aliphatic heterocycles. The second-order valence-electron chi connectivity index (χ2n) is 5.98. The molecule has 1 N–H and O–H groups in total. The molecule has 1 aliphatic rings. The first kappa shape index (κ1) is 14.6. The zero-order chi connectivity index (χ0) is 15.6. The van der Waals surface area contributed by atoms with Crippen LogP contribution in [0.3, 0.4) is 0 Å². The third-order valence-electron chi connectivity index (χ3n) is 4.37. The van der Waals surface area contributed by atoms with Crippen molar-refractivity contribution >= 4 is 22.8 Å². The molecule has 3 aromatic rings. The van der Waals surface area contributed by atoms with Crippen LogP contribution in [0.2, 0.25) is 5.02 Å². The molecule has 3 aromatic heterocycles. The van der Waals surface area contributed by atoms with Crippen LogP contribution in [0, 0.1) is 5.92 Å². The summed E-state index contributed by atoms with van der Waals surface area (Å²) in [7, 11) is 0. The van der Waals surface area contributed by atoms with Crippen molar-refractivity contribution in [1.29, 1.82) is 0 Å². The minimum atomic E-state index is 0.613. The second-order valence-corrected chi connectivity index (χ2v) is 6.41. The molecule has 0 aliphatic carbocycles. The van der Waals surface area contributed by atoms with Crippen molar-refractivity contribution in [1.82, 2.24) is 24.8 Å². The highest BCUT2D eigenvalue weighted by atomic mass is 35.5. The van der Waals surface area contributed by atoms with E-state index in [0.29, 0.717) is 10.9 Å². The van der Waals surface area contributed by atoms with Gasteiger partial charge in [-0.05, 0) is 50.0 Å². The van der Waals surface area contributed by atoms with Gasteiger partial charge in [0.05, 0.1) is 5.02 Å². The number of halogens is 1. The summed E-state index contributed by atoms with van der Waals surface area (Å²) in [5.74, 6) is 1.56. The Morgan fingerprint density at radius 3 is 2.91 bits per heavy atom. The van der Waals surface area contributed by atoms with E-state index in [2.05, 4.69) is 19.9 Å². The van der Waals surface area contributed by atoms with E-state index < -0.39 is 0 Å². The molecule has 1 fully saturated rings. The zero-order valence-electron chi connectivity index (χ0n) is 12.7. The molecule has 0 atom stereocenters. The lowest BCUT2D eigenvalue weighted by molar-refractivity contribution is 0.337. The molecular weight excluding hydrogens is 310 g/mol. The van der Waals surface area contributed by atoms with Crippen LogP contribution in [0.25, 0.3) is 22.6 Å². The highest BCUT2D eigenvalue weighted by molar-refractivity contribution is 6.31. The Balaban J connectivity index is 1.81. The number of fused-ring (bicyclic) bond motifs is 1. The van der Waals surface area contributed by atoms with E-state index in [1.54, 1.807) is 12.4 Å². The van der Waals surface area contributed by atoms with Crippen molar-refractivity contribution in [2.45, 2.75) is 19.4 Å². The van der Waals surface area contributed by atoms with E-state index in [1.165, 1.54) is 12.8 Å². The van der Waals surface area contributed by atoms with Gasteiger partial charge < -0.3 is 9.88 Å². The number of imidazole rings is 1. The van der Waals surface area contributed by atoms with Gasteiger partial charge in [-0.1, -0.05) is 11.6 Å². The van der Waals surface area contributed by atoms with Crippen LogP contribution in [-0.2, 0) is 6.54 Å². The zero-order valence-corrected chi connectivity index (χ0v) is 13.5. The van der Waals surface area contributed by atoms with Gasteiger partial charge in [0.1, 0.15) is 11.3 Å². The molecule has 0 saturated carbocycles. The topological polar surface area (TPSA) is 55.6 Å². The average molecular weight is 328 g/mol. The molecule has 0 spiro atoms. The summed E-state index contributed by atoms with van der Waals surface area (Å²) in [6.45, 7) is 3.09. The number of aromatic nitrogens is 4. The van der Waals surface area contributed by atoms with Crippen molar-refractivity contribution in [3.63, 3.8) is 0 Å². The number of hydrogen-bond donors (Lipinski definition) is 1. The van der Waals surface area contributed by atoms with E-state index in [9.17, 15) is 0 Å². The molecule has 0 amide bonds. The summed E-state index contributed by atoms with van der Waals surface area (Å²) < 4.78 is 2.22. The van der Waals surface area contributed by atoms with Crippen LogP contribution >= 0.6 is 11.6 Å². The first-order chi connectivity index (χ1) is 11.3. The van der Waals surface area contributed by atoms with E-state index >= 15 is 0 Å². The van der Waals surface area contributed by atoms with Gasteiger partial charge in [-0.3, -0.25) is 4.98 Å². The van der Waals surface area contributed by atoms with Gasteiger partial charge in [0.15, 0.2) is 5.65 Å². The van der Waals surface area contributed by atoms with Gasteiger partial charge in [-0.25, -0.2) is 9.97 Å². The van der Waals surface area contributed by atoms with Crippen LogP contribution in [0.1, 0.15) is 12.8 Å². The Bertz CT molecular complexity index is 808. The first-order valence-corrected chi connectivity index (χ1v) is 8.32. The van der Waals surface area contributed by atoms with Crippen molar-refractivity contribution < 1.29 is 0 Å². The Labute approximate surface area is 139 Å². The van der Waals surface area contributed by atoms with E-state index in [0.717, 1.165) is 42.2 Å². The Morgan fingerprint density at radius 1 is 1.26 bits per heavy atom. The number of hydrogen-bond acceptors (Lipinski definition) is 4. The minimum absolute atomic E-state index is 0.613. The van der Waals surface area contributed by atoms with Crippen molar-refractivity contribution in [3.8, 4) is 11.4 Å².